The number of carbonyl (C=O) groups excluding carboxylic acids is 1. The number of para-hydroxylation sites is 3. The van der Waals surface area contributed by atoms with E-state index in [4.69, 9.17) is 9.72 Å². The molecule has 2 heterocycles. The van der Waals surface area contributed by atoms with Gasteiger partial charge in [-0.15, -0.1) is 0 Å². The monoisotopic (exact) mass is 465 g/mol. The third-order valence-electron chi connectivity index (χ3n) is 5.87. The van der Waals surface area contributed by atoms with Crippen LogP contribution in [0.4, 0.5) is 23.0 Å². The van der Waals surface area contributed by atoms with Crippen LogP contribution in [0.15, 0.2) is 85.1 Å². The number of benzene rings is 3. The molecule has 0 aliphatic carbocycles. The van der Waals surface area contributed by atoms with Crippen molar-refractivity contribution in [2.75, 3.05) is 41.8 Å². The Hall–Kier alpha value is -4.23. The van der Waals surface area contributed by atoms with Crippen molar-refractivity contribution in [1.82, 2.24) is 9.97 Å². The largest absolute Gasteiger partial charge is 0.378 e. The van der Waals surface area contributed by atoms with Gasteiger partial charge < -0.3 is 20.3 Å². The lowest BCUT2D eigenvalue weighted by molar-refractivity contribution is -0.111. The molecular weight excluding hydrogens is 438 g/mol. The quantitative estimate of drug-likeness (QED) is 0.372. The molecule has 176 valence electrons. The van der Waals surface area contributed by atoms with Crippen LogP contribution >= 0.6 is 0 Å². The number of allylic oxidation sites excluding steroid dienone is 1. The van der Waals surface area contributed by atoms with E-state index in [1.54, 1.807) is 6.08 Å². The lowest BCUT2D eigenvalue weighted by atomic mass is 10.0. The molecule has 2 N–H and O–H groups in total. The van der Waals surface area contributed by atoms with Crippen LogP contribution < -0.4 is 15.5 Å². The molecule has 1 aliphatic heterocycles. The van der Waals surface area contributed by atoms with Crippen molar-refractivity contribution < 1.29 is 9.53 Å². The summed E-state index contributed by atoms with van der Waals surface area (Å²) in [4.78, 5) is 23.8. The maximum Gasteiger partial charge on any atom is 0.248 e. The molecule has 5 rings (SSSR count). The first kappa shape index (κ1) is 22.6. The highest BCUT2D eigenvalue weighted by molar-refractivity contribution is 6.00. The number of fused-ring (bicyclic) bond motifs is 1. The van der Waals surface area contributed by atoms with Crippen LogP contribution in [0.5, 0.6) is 0 Å². The molecule has 35 heavy (non-hydrogen) atoms. The van der Waals surface area contributed by atoms with E-state index in [-0.39, 0.29) is 5.91 Å². The molecule has 3 aromatic carbocycles. The topological polar surface area (TPSA) is 79.4 Å². The molecule has 7 heteroatoms. The zero-order valence-electron chi connectivity index (χ0n) is 19.6. The lowest BCUT2D eigenvalue weighted by Gasteiger charge is -2.30. The van der Waals surface area contributed by atoms with Crippen molar-refractivity contribution in [3.8, 4) is 11.1 Å². The fourth-order valence-corrected chi connectivity index (χ4v) is 4.23. The van der Waals surface area contributed by atoms with Crippen LogP contribution in [0.1, 0.15) is 6.92 Å². The van der Waals surface area contributed by atoms with Crippen molar-refractivity contribution in [1.29, 1.82) is 0 Å². The summed E-state index contributed by atoms with van der Waals surface area (Å²) in [6.45, 7) is 4.96. The van der Waals surface area contributed by atoms with Gasteiger partial charge in [0.05, 0.1) is 30.1 Å². The number of nitrogens with one attached hydrogen (secondary N) is 2. The van der Waals surface area contributed by atoms with Gasteiger partial charge in [-0.05, 0) is 42.8 Å². The molecule has 0 saturated carbocycles. The highest BCUT2D eigenvalue weighted by Gasteiger charge is 2.15. The van der Waals surface area contributed by atoms with E-state index >= 15 is 0 Å². The van der Waals surface area contributed by atoms with Gasteiger partial charge in [0.1, 0.15) is 0 Å². The molecule has 0 spiro atoms. The van der Waals surface area contributed by atoms with Gasteiger partial charge in [0, 0.05) is 35.9 Å². The Labute approximate surface area is 204 Å². The Kier molecular flexibility index (Phi) is 6.68. The number of morpholine rings is 1. The van der Waals surface area contributed by atoms with Crippen molar-refractivity contribution in [2.45, 2.75) is 6.92 Å². The van der Waals surface area contributed by atoms with Crippen LogP contribution in [0.2, 0.25) is 0 Å². The SMILES string of the molecule is C/C=C/C(=O)Nc1cccc(-c2cccc3cnc(Nc4ccccc4N4CCOCC4)nc23)c1. The summed E-state index contributed by atoms with van der Waals surface area (Å²) in [5.74, 6) is 0.374. The zero-order valence-corrected chi connectivity index (χ0v) is 19.6. The second-order valence-corrected chi connectivity index (χ2v) is 8.25. The molecule has 0 atom stereocenters. The van der Waals surface area contributed by atoms with E-state index in [0.29, 0.717) is 5.95 Å². The Balaban J connectivity index is 1.48. The van der Waals surface area contributed by atoms with Crippen molar-refractivity contribution in [3.05, 3.63) is 85.1 Å². The van der Waals surface area contributed by atoms with Gasteiger partial charge in [-0.2, -0.15) is 0 Å². The number of aromatic nitrogens is 2. The second-order valence-electron chi connectivity index (χ2n) is 8.25. The molecule has 7 nitrogen and oxygen atoms in total. The number of rotatable bonds is 6. The molecule has 1 aliphatic rings. The summed E-state index contributed by atoms with van der Waals surface area (Å²) in [5.41, 5.74) is 5.57. The highest BCUT2D eigenvalue weighted by Crippen LogP contribution is 2.32. The molecule has 4 aromatic rings. The van der Waals surface area contributed by atoms with E-state index in [2.05, 4.69) is 26.6 Å². The average Bonchev–Trinajstić information content (AvgIpc) is 2.89. The Bertz CT molecular complexity index is 1380. The summed E-state index contributed by atoms with van der Waals surface area (Å²) < 4.78 is 5.51. The smallest absolute Gasteiger partial charge is 0.248 e. The summed E-state index contributed by atoms with van der Waals surface area (Å²) in [6, 6.07) is 22.0. The van der Waals surface area contributed by atoms with E-state index < -0.39 is 0 Å². The Morgan fingerprint density at radius 2 is 1.86 bits per heavy atom. The van der Waals surface area contributed by atoms with Gasteiger partial charge in [0.2, 0.25) is 11.9 Å². The van der Waals surface area contributed by atoms with Crippen LogP contribution in [0.25, 0.3) is 22.0 Å². The van der Waals surface area contributed by atoms with Crippen molar-refractivity contribution in [3.63, 3.8) is 0 Å². The number of hydrogen-bond donors (Lipinski definition) is 2. The van der Waals surface area contributed by atoms with Crippen molar-refractivity contribution in [2.24, 2.45) is 0 Å². The Morgan fingerprint density at radius 3 is 2.71 bits per heavy atom. The highest BCUT2D eigenvalue weighted by atomic mass is 16.5. The van der Waals surface area contributed by atoms with Crippen molar-refractivity contribution >= 4 is 39.8 Å². The van der Waals surface area contributed by atoms with Gasteiger partial charge in [-0.1, -0.05) is 48.5 Å². The molecule has 0 unspecified atom stereocenters. The summed E-state index contributed by atoms with van der Waals surface area (Å²) >= 11 is 0. The zero-order chi connectivity index (χ0) is 24.0. The number of ether oxygens (including phenoxy) is 1. The minimum Gasteiger partial charge on any atom is -0.378 e. The van der Waals surface area contributed by atoms with Crippen LogP contribution in [-0.2, 0) is 9.53 Å². The molecule has 0 bridgehead atoms. The second kappa shape index (κ2) is 10.4. The number of nitrogens with zero attached hydrogens (tertiary/aromatic N) is 3. The molecular formula is C28H27N5O2. The van der Waals surface area contributed by atoms with E-state index in [1.807, 2.05) is 73.8 Å². The first-order chi connectivity index (χ1) is 17.2. The van der Waals surface area contributed by atoms with E-state index in [0.717, 1.165) is 65.4 Å². The number of carbonyl (C=O) groups is 1. The van der Waals surface area contributed by atoms with Crippen LogP contribution in [-0.4, -0.2) is 42.2 Å². The predicted molar refractivity (Wildman–Crippen MR) is 141 cm³/mol. The van der Waals surface area contributed by atoms with Crippen LogP contribution in [0.3, 0.4) is 0 Å². The standard InChI is InChI=1S/C28H27N5O2/c1-2-7-26(34)30-22-10-5-8-20(18-22)23-11-6-9-21-19-29-28(32-27(21)23)31-24-12-3-4-13-25(24)33-14-16-35-17-15-33/h2-13,18-19H,14-17H2,1H3,(H,30,34)(H,29,31,32)/b7-2+. The first-order valence-corrected chi connectivity index (χ1v) is 11.7. The molecule has 1 amide bonds. The van der Waals surface area contributed by atoms with Crippen LogP contribution in [0, 0.1) is 0 Å². The third-order valence-corrected chi connectivity index (χ3v) is 5.87. The minimum absolute atomic E-state index is 0.157. The molecule has 1 fully saturated rings. The normalized spacial score (nSPS) is 13.8. The molecule has 0 radical (unpaired) electrons. The van der Waals surface area contributed by atoms with E-state index in [1.165, 1.54) is 6.08 Å². The number of anilines is 4. The number of hydrogen-bond acceptors (Lipinski definition) is 6. The summed E-state index contributed by atoms with van der Waals surface area (Å²) in [5, 5.41) is 7.26. The van der Waals surface area contributed by atoms with E-state index in [9.17, 15) is 4.79 Å². The maximum atomic E-state index is 12.0. The average molecular weight is 466 g/mol. The summed E-state index contributed by atoms with van der Waals surface area (Å²) in [6.07, 6.45) is 5.06. The number of amides is 1. The molecule has 1 aromatic heterocycles. The molecule has 1 saturated heterocycles. The summed E-state index contributed by atoms with van der Waals surface area (Å²) in [7, 11) is 0. The Morgan fingerprint density at radius 1 is 1.03 bits per heavy atom. The fraction of sp³-hybridized carbons (Fsp3) is 0.179. The van der Waals surface area contributed by atoms with Gasteiger partial charge in [-0.3, -0.25) is 4.79 Å². The van der Waals surface area contributed by atoms with Gasteiger partial charge in [0.25, 0.3) is 0 Å². The lowest BCUT2D eigenvalue weighted by Crippen LogP contribution is -2.36. The maximum absolute atomic E-state index is 12.0. The minimum atomic E-state index is -0.157. The third kappa shape index (κ3) is 5.15. The predicted octanol–water partition coefficient (Wildman–Crippen LogP) is 5.39. The first-order valence-electron chi connectivity index (χ1n) is 11.7. The fourth-order valence-electron chi connectivity index (χ4n) is 4.23. The van der Waals surface area contributed by atoms with Gasteiger partial charge in [0.15, 0.2) is 0 Å². The van der Waals surface area contributed by atoms with Gasteiger partial charge >= 0.3 is 0 Å². The van der Waals surface area contributed by atoms with Gasteiger partial charge in [-0.25, -0.2) is 9.97 Å².